The van der Waals surface area contributed by atoms with Crippen molar-refractivity contribution in [2.24, 2.45) is 0 Å². The van der Waals surface area contributed by atoms with Gasteiger partial charge in [0.15, 0.2) is 0 Å². The first-order valence-corrected chi connectivity index (χ1v) is 6.98. The Bertz CT molecular complexity index is 554. The largest absolute Gasteiger partial charge is 0.388 e. The number of aliphatic hydroxyl groups excluding tert-OH is 1. The number of aryl methyl sites for hydroxylation is 2. The highest BCUT2D eigenvalue weighted by Crippen LogP contribution is 2.31. The molecule has 0 fully saturated rings. The van der Waals surface area contributed by atoms with Crippen molar-refractivity contribution in [3.05, 3.63) is 70.5 Å². The van der Waals surface area contributed by atoms with Gasteiger partial charge in [0, 0.05) is 5.56 Å². The van der Waals surface area contributed by atoms with Crippen LogP contribution in [-0.4, -0.2) is 5.11 Å². The van der Waals surface area contributed by atoms with Crippen molar-refractivity contribution >= 4 is 0 Å². The third-order valence-corrected chi connectivity index (χ3v) is 3.76. The fourth-order valence-electron chi connectivity index (χ4n) is 2.72. The van der Waals surface area contributed by atoms with E-state index in [2.05, 4.69) is 6.92 Å². The third-order valence-electron chi connectivity index (χ3n) is 3.76. The molecule has 0 aliphatic heterocycles. The average molecular weight is 272 g/mol. The van der Waals surface area contributed by atoms with Crippen LogP contribution in [0.3, 0.4) is 0 Å². The molecule has 2 heteroatoms. The van der Waals surface area contributed by atoms with E-state index in [1.165, 1.54) is 6.07 Å². The molecule has 2 rings (SSSR count). The van der Waals surface area contributed by atoms with Crippen molar-refractivity contribution in [2.75, 3.05) is 0 Å². The summed E-state index contributed by atoms with van der Waals surface area (Å²) in [5.74, 6) is -0.124. The van der Waals surface area contributed by atoms with Crippen molar-refractivity contribution in [1.82, 2.24) is 0 Å². The summed E-state index contributed by atoms with van der Waals surface area (Å²) >= 11 is 0. The second-order valence-corrected chi connectivity index (χ2v) is 5.54. The van der Waals surface area contributed by atoms with Gasteiger partial charge in [0.2, 0.25) is 0 Å². The van der Waals surface area contributed by atoms with E-state index in [1.807, 2.05) is 50.2 Å². The molecule has 0 aliphatic carbocycles. The number of halogens is 1. The Hall–Kier alpha value is -1.67. The lowest BCUT2D eigenvalue weighted by Crippen LogP contribution is -2.08. The lowest BCUT2D eigenvalue weighted by Gasteiger charge is -2.19. The Morgan fingerprint density at radius 2 is 1.75 bits per heavy atom. The van der Waals surface area contributed by atoms with Crippen LogP contribution >= 0.6 is 0 Å². The number of aliphatic hydroxyl groups is 1. The number of hydrogen-bond acceptors (Lipinski definition) is 1. The van der Waals surface area contributed by atoms with Gasteiger partial charge in [0.1, 0.15) is 5.82 Å². The van der Waals surface area contributed by atoms with Crippen LogP contribution in [0.15, 0.2) is 42.5 Å². The molecule has 1 N–H and O–H groups in total. The SMILES string of the molecule is Cc1cc(C)c(C(O)CC(C)c2ccccc2)c(F)c1. The smallest absolute Gasteiger partial charge is 0.129 e. The molecular weight excluding hydrogens is 251 g/mol. The Balaban J connectivity index is 2.19. The zero-order valence-electron chi connectivity index (χ0n) is 12.2. The molecule has 2 unspecified atom stereocenters. The molecule has 20 heavy (non-hydrogen) atoms. The Labute approximate surface area is 120 Å². The first kappa shape index (κ1) is 14.7. The van der Waals surface area contributed by atoms with E-state index in [0.29, 0.717) is 12.0 Å². The molecule has 0 radical (unpaired) electrons. The minimum atomic E-state index is -0.772. The molecule has 2 aromatic rings. The highest BCUT2D eigenvalue weighted by atomic mass is 19.1. The van der Waals surface area contributed by atoms with Gasteiger partial charge in [0.25, 0.3) is 0 Å². The highest BCUT2D eigenvalue weighted by Gasteiger charge is 2.19. The van der Waals surface area contributed by atoms with E-state index in [-0.39, 0.29) is 11.7 Å². The van der Waals surface area contributed by atoms with Crippen LogP contribution in [0.2, 0.25) is 0 Å². The predicted molar refractivity (Wildman–Crippen MR) is 80.3 cm³/mol. The monoisotopic (exact) mass is 272 g/mol. The molecule has 0 spiro atoms. The molecule has 2 atom stereocenters. The predicted octanol–water partition coefficient (Wildman–Crippen LogP) is 4.67. The van der Waals surface area contributed by atoms with Crippen molar-refractivity contribution in [3.8, 4) is 0 Å². The molecule has 0 saturated heterocycles. The van der Waals surface area contributed by atoms with Gasteiger partial charge in [-0.3, -0.25) is 0 Å². The van der Waals surface area contributed by atoms with Gasteiger partial charge in [-0.15, -0.1) is 0 Å². The maximum Gasteiger partial charge on any atom is 0.129 e. The van der Waals surface area contributed by atoms with Crippen LogP contribution in [-0.2, 0) is 0 Å². The summed E-state index contributed by atoms with van der Waals surface area (Å²) in [6.45, 7) is 5.76. The summed E-state index contributed by atoms with van der Waals surface area (Å²) in [7, 11) is 0. The molecule has 0 aromatic heterocycles. The topological polar surface area (TPSA) is 20.2 Å². The second kappa shape index (κ2) is 6.19. The average Bonchev–Trinajstić information content (AvgIpc) is 2.38. The normalized spacial score (nSPS) is 14.1. The molecular formula is C18H21FO. The molecule has 0 heterocycles. The van der Waals surface area contributed by atoms with E-state index in [4.69, 9.17) is 0 Å². The second-order valence-electron chi connectivity index (χ2n) is 5.54. The van der Waals surface area contributed by atoms with Crippen LogP contribution in [0.4, 0.5) is 4.39 Å². The van der Waals surface area contributed by atoms with Crippen LogP contribution in [0.25, 0.3) is 0 Å². The third kappa shape index (κ3) is 3.26. The van der Waals surface area contributed by atoms with Crippen LogP contribution < -0.4 is 0 Å². The molecule has 0 amide bonds. The summed E-state index contributed by atoms with van der Waals surface area (Å²) in [4.78, 5) is 0. The maximum atomic E-state index is 14.1. The Morgan fingerprint density at radius 3 is 2.35 bits per heavy atom. The van der Waals surface area contributed by atoms with E-state index in [0.717, 1.165) is 16.7 Å². The van der Waals surface area contributed by atoms with Gasteiger partial charge in [-0.1, -0.05) is 43.3 Å². The van der Waals surface area contributed by atoms with Crippen LogP contribution in [0, 0.1) is 19.7 Å². The summed E-state index contributed by atoms with van der Waals surface area (Å²) in [6.07, 6.45) is -0.254. The van der Waals surface area contributed by atoms with Gasteiger partial charge in [0.05, 0.1) is 6.10 Å². The Morgan fingerprint density at radius 1 is 1.10 bits per heavy atom. The summed E-state index contributed by atoms with van der Waals surface area (Å²) in [5, 5.41) is 10.4. The molecule has 2 aromatic carbocycles. The number of benzene rings is 2. The fraction of sp³-hybridized carbons (Fsp3) is 0.333. The number of hydrogen-bond donors (Lipinski definition) is 1. The van der Waals surface area contributed by atoms with Gasteiger partial charge in [-0.05, 0) is 48.9 Å². The minimum Gasteiger partial charge on any atom is -0.388 e. The fourth-order valence-corrected chi connectivity index (χ4v) is 2.72. The standard InChI is InChI=1S/C18H21FO/c1-12-9-14(3)18(16(19)10-12)17(20)11-13(2)15-7-5-4-6-8-15/h4-10,13,17,20H,11H2,1-3H3. The molecule has 0 bridgehead atoms. The lowest BCUT2D eigenvalue weighted by molar-refractivity contribution is 0.154. The van der Waals surface area contributed by atoms with Gasteiger partial charge in [-0.2, -0.15) is 0 Å². The van der Waals surface area contributed by atoms with Gasteiger partial charge < -0.3 is 5.11 Å². The van der Waals surface area contributed by atoms with Crippen LogP contribution in [0.5, 0.6) is 0 Å². The minimum absolute atomic E-state index is 0.186. The van der Waals surface area contributed by atoms with Crippen molar-refractivity contribution < 1.29 is 9.50 Å². The Kier molecular flexibility index (Phi) is 4.56. The first-order chi connectivity index (χ1) is 9.49. The van der Waals surface area contributed by atoms with E-state index < -0.39 is 6.10 Å². The van der Waals surface area contributed by atoms with Crippen molar-refractivity contribution in [1.29, 1.82) is 0 Å². The zero-order valence-corrected chi connectivity index (χ0v) is 12.2. The molecule has 106 valence electrons. The first-order valence-electron chi connectivity index (χ1n) is 6.98. The highest BCUT2D eigenvalue weighted by molar-refractivity contribution is 5.34. The maximum absolute atomic E-state index is 14.1. The van der Waals surface area contributed by atoms with Gasteiger partial charge in [-0.25, -0.2) is 4.39 Å². The van der Waals surface area contributed by atoms with Gasteiger partial charge >= 0.3 is 0 Å². The zero-order chi connectivity index (χ0) is 14.7. The van der Waals surface area contributed by atoms with E-state index in [9.17, 15) is 9.50 Å². The lowest BCUT2D eigenvalue weighted by atomic mass is 9.90. The van der Waals surface area contributed by atoms with E-state index in [1.54, 1.807) is 0 Å². The van der Waals surface area contributed by atoms with Crippen LogP contribution in [0.1, 0.15) is 47.6 Å². The van der Waals surface area contributed by atoms with Crippen molar-refractivity contribution in [3.63, 3.8) is 0 Å². The number of rotatable bonds is 4. The quantitative estimate of drug-likeness (QED) is 0.857. The van der Waals surface area contributed by atoms with Crippen molar-refractivity contribution in [2.45, 2.75) is 39.2 Å². The summed E-state index contributed by atoms with van der Waals surface area (Å²) in [6, 6.07) is 13.4. The molecule has 0 aliphatic rings. The molecule has 0 saturated carbocycles. The summed E-state index contributed by atoms with van der Waals surface area (Å²) < 4.78 is 14.1. The molecule has 1 nitrogen and oxygen atoms in total. The van der Waals surface area contributed by atoms with E-state index >= 15 is 0 Å². The summed E-state index contributed by atoms with van der Waals surface area (Å²) in [5.41, 5.74) is 3.29.